The van der Waals surface area contributed by atoms with Gasteiger partial charge in [0.1, 0.15) is 0 Å². The number of nitrogens with zero attached hydrogens (tertiary/aromatic N) is 1. The standard InChI is InChI=1S/C19H19NO5S/c1-25-19(22)15-9-7-14(8-10-15)18(21)20-12-11-17(13-20)26(23,24)16-5-3-2-4-6-16/h2-10,17H,11-13H2,1H3. The van der Waals surface area contributed by atoms with Crippen molar-refractivity contribution >= 4 is 21.7 Å². The Hall–Kier alpha value is -2.67. The summed E-state index contributed by atoms with van der Waals surface area (Å²) in [5, 5.41) is -0.608. The van der Waals surface area contributed by atoms with Crippen molar-refractivity contribution in [2.24, 2.45) is 0 Å². The normalized spacial score (nSPS) is 17.1. The van der Waals surface area contributed by atoms with Gasteiger partial charge in [0.2, 0.25) is 0 Å². The van der Waals surface area contributed by atoms with Crippen LogP contribution in [0.4, 0.5) is 0 Å². The molecule has 1 fully saturated rings. The van der Waals surface area contributed by atoms with Crippen molar-refractivity contribution < 1.29 is 22.7 Å². The van der Waals surface area contributed by atoms with Gasteiger partial charge in [0, 0.05) is 18.7 Å². The Morgan fingerprint density at radius 1 is 1.00 bits per heavy atom. The number of amides is 1. The summed E-state index contributed by atoms with van der Waals surface area (Å²) in [4.78, 5) is 25.9. The van der Waals surface area contributed by atoms with Crippen LogP contribution in [0.15, 0.2) is 59.5 Å². The second-order valence-electron chi connectivity index (χ2n) is 6.09. The zero-order valence-corrected chi connectivity index (χ0v) is 15.1. The predicted octanol–water partition coefficient (Wildman–Crippen LogP) is 2.16. The van der Waals surface area contributed by atoms with E-state index in [1.807, 2.05) is 0 Å². The Labute approximate surface area is 152 Å². The van der Waals surface area contributed by atoms with Gasteiger partial charge in [-0.25, -0.2) is 13.2 Å². The van der Waals surface area contributed by atoms with Gasteiger partial charge >= 0.3 is 5.97 Å². The van der Waals surface area contributed by atoms with E-state index >= 15 is 0 Å². The Bertz CT molecular complexity index is 907. The van der Waals surface area contributed by atoms with E-state index in [0.29, 0.717) is 24.1 Å². The average Bonchev–Trinajstić information content (AvgIpc) is 3.18. The number of likely N-dealkylation sites (tertiary alicyclic amines) is 1. The van der Waals surface area contributed by atoms with Crippen LogP contribution in [0.3, 0.4) is 0 Å². The highest BCUT2D eigenvalue weighted by Gasteiger charge is 2.36. The fourth-order valence-corrected chi connectivity index (χ4v) is 4.73. The molecule has 0 N–H and O–H groups in total. The van der Waals surface area contributed by atoms with Gasteiger partial charge in [0.05, 0.1) is 22.8 Å². The molecule has 3 rings (SSSR count). The van der Waals surface area contributed by atoms with Crippen LogP contribution in [-0.4, -0.2) is 50.6 Å². The molecule has 136 valence electrons. The first kappa shape index (κ1) is 18.1. The van der Waals surface area contributed by atoms with Gasteiger partial charge < -0.3 is 9.64 Å². The second kappa shape index (κ2) is 7.29. The lowest BCUT2D eigenvalue weighted by Gasteiger charge is -2.17. The van der Waals surface area contributed by atoms with E-state index in [0.717, 1.165) is 0 Å². The summed E-state index contributed by atoms with van der Waals surface area (Å²) in [5.74, 6) is -0.716. The van der Waals surface area contributed by atoms with E-state index in [1.165, 1.54) is 24.1 Å². The third-order valence-corrected chi connectivity index (χ3v) is 6.69. The van der Waals surface area contributed by atoms with Crippen molar-refractivity contribution in [2.75, 3.05) is 20.2 Å². The zero-order valence-electron chi connectivity index (χ0n) is 14.3. The van der Waals surface area contributed by atoms with Crippen molar-refractivity contribution in [3.05, 3.63) is 65.7 Å². The number of carbonyl (C=O) groups is 2. The molecule has 7 heteroatoms. The smallest absolute Gasteiger partial charge is 0.337 e. The summed E-state index contributed by atoms with van der Waals surface area (Å²) in [7, 11) is -2.17. The second-order valence-corrected chi connectivity index (χ2v) is 8.32. The number of rotatable bonds is 4. The highest BCUT2D eigenvalue weighted by Crippen LogP contribution is 2.25. The molecule has 0 bridgehead atoms. The van der Waals surface area contributed by atoms with Crippen LogP contribution in [0.2, 0.25) is 0 Å². The van der Waals surface area contributed by atoms with Crippen LogP contribution < -0.4 is 0 Å². The Morgan fingerprint density at radius 3 is 2.23 bits per heavy atom. The number of methoxy groups -OCH3 is 1. The summed E-state index contributed by atoms with van der Waals surface area (Å²) < 4.78 is 30.0. The van der Waals surface area contributed by atoms with Gasteiger partial charge in [0.25, 0.3) is 5.91 Å². The van der Waals surface area contributed by atoms with Crippen LogP contribution in [0.25, 0.3) is 0 Å². The molecule has 6 nitrogen and oxygen atoms in total. The fraction of sp³-hybridized carbons (Fsp3) is 0.263. The van der Waals surface area contributed by atoms with Gasteiger partial charge in [0.15, 0.2) is 9.84 Å². The molecule has 1 aliphatic heterocycles. The highest BCUT2D eigenvalue weighted by atomic mass is 32.2. The van der Waals surface area contributed by atoms with Gasteiger partial charge in [-0.3, -0.25) is 4.79 Å². The highest BCUT2D eigenvalue weighted by molar-refractivity contribution is 7.92. The van der Waals surface area contributed by atoms with E-state index in [2.05, 4.69) is 4.74 Å². The minimum absolute atomic E-state index is 0.162. The largest absolute Gasteiger partial charge is 0.465 e. The first-order valence-corrected chi connectivity index (χ1v) is 9.74. The summed E-state index contributed by atoms with van der Waals surface area (Å²) in [6, 6.07) is 14.4. The molecule has 1 unspecified atom stereocenters. The number of hydrogen-bond acceptors (Lipinski definition) is 5. The maximum atomic E-state index is 12.7. The molecular weight excluding hydrogens is 354 g/mol. The Morgan fingerprint density at radius 2 is 1.62 bits per heavy atom. The first-order valence-electron chi connectivity index (χ1n) is 8.20. The quantitative estimate of drug-likeness (QED) is 0.767. The third-order valence-electron chi connectivity index (χ3n) is 4.50. The molecule has 0 aromatic heterocycles. The Kier molecular flexibility index (Phi) is 5.08. The molecule has 1 amide bonds. The number of hydrogen-bond donors (Lipinski definition) is 0. The average molecular weight is 373 g/mol. The molecule has 0 radical (unpaired) electrons. The molecule has 2 aromatic carbocycles. The first-order chi connectivity index (χ1) is 12.4. The van der Waals surface area contributed by atoms with Crippen molar-refractivity contribution in [1.29, 1.82) is 0 Å². The maximum Gasteiger partial charge on any atom is 0.337 e. The summed E-state index contributed by atoms with van der Waals surface area (Å²) in [6.07, 6.45) is 0.406. The van der Waals surface area contributed by atoms with E-state index in [-0.39, 0.29) is 17.3 Å². The molecule has 1 saturated heterocycles. The van der Waals surface area contributed by atoms with Crippen LogP contribution in [-0.2, 0) is 14.6 Å². The number of carbonyl (C=O) groups excluding carboxylic acids is 2. The van der Waals surface area contributed by atoms with Crippen molar-refractivity contribution in [3.8, 4) is 0 Å². The summed E-state index contributed by atoms with van der Waals surface area (Å²) >= 11 is 0. The van der Waals surface area contributed by atoms with E-state index in [4.69, 9.17) is 0 Å². The molecule has 0 saturated carbocycles. The van der Waals surface area contributed by atoms with Gasteiger partial charge in [-0.05, 0) is 42.8 Å². The molecule has 1 aliphatic rings. The number of sulfone groups is 1. The van der Waals surface area contributed by atoms with E-state index in [1.54, 1.807) is 42.5 Å². The van der Waals surface area contributed by atoms with Gasteiger partial charge in [-0.2, -0.15) is 0 Å². The van der Waals surface area contributed by atoms with Crippen LogP contribution in [0.1, 0.15) is 27.1 Å². The minimum Gasteiger partial charge on any atom is -0.465 e. The lowest BCUT2D eigenvalue weighted by molar-refractivity contribution is 0.0600. The van der Waals surface area contributed by atoms with E-state index in [9.17, 15) is 18.0 Å². The Balaban J connectivity index is 1.72. The van der Waals surface area contributed by atoms with Gasteiger partial charge in [-0.1, -0.05) is 18.2 Å². The summed E-state index contributed by atoms with van der Waals surface area (Å²) in [6.45, 7) is 0.545. The predicted molar refractivity (Wildman–Crippen MR) is 95.7 cm³/mol. The number of benzene rings is 2. The molecule has 2 aromatic rings. The monoisotopic (exact) mass is 373 g/mol. The van der Waals surface area contributed by atoms with Crippen LogP contribution in [0, 0.1) is 0 Å². The lowest BCUT2D eigenvalue weighted by Crippen LogP contribution is -2.32. The summed E-state index contributed by atoms with van der Waals surface area (Å²) in [5.41, 5.74) is 0.769. The van der Waals surface area contributed by atoms with Crippen molar-refractivity contribution in [2.45, 2.75) is 16.6 Å². The minimum atomic E-state index is -3.46. The molecule has 1 heterocycles. The van der Waals surface area contributed by atoms with Crippen molar-refractivity contribution in [1.82, 2.24) is 4.90 Å². The molecule has 0 aliphatic carbocycles. The topological polar surface area (TPSA) is 80.8 Å². The number of esters is 1. The zero-order chi connectivity index (χ0) is 18.7. The van der Waals surface area contributed by atoms with Gasteiger partial charge in [-0.15, -0.1) is 0 Å². The van der Waals surface area contributed by atoms with Crippen LogP contribution >= 0.6 is 0 Å². The lowest BCUT2D eigenvalue weighted by atomic mass is 10.1. The molecule has 0 spiro atoms. The maximum absolute atomic E-state index is 12.7. The SMILES string of the molecule is COC(=O)c1ccc(C(=O)N2CCC(S(=O)(=O)c3ccccc3)C2)cc1. The molecular formula is C19H19NO5S. The van der Waals surface area contributed by atoms with Crippen molar-refractivity contribution in [3.63, 3.8) is 0 Å². The fourth-order valence-electron chi connectivity index (χ4n) is 3.02. The van der Waals surface area contributed by atoms with Crippen LogP contribution in [0.5, 0.6) is 0 Å². The molecule has 26 heavy (non-hydrogen) atoms. The number of ether oxygens (including phenoxy) is 1. The molecule has 1 atom stereocenters. The third kappa shape index (κ3) is 3.48. The van der Waals surface area contributed by atoms with E-state index < -0.39 is 21.1 Å².